The lowest BCUT2D eigenvalue weighted by atomic mass is 10.1. The SMILES string of the molecule is Cc1ccc(-c2cnc(Cl)cn2)cc1. The Morgan fingerprint density at radius 2 is 1.71 bits per heavy atom. The molecular weight excluding hydrogens is 196 g/mol. The number of nitrogens with zero attached hydrogens (tertiary/aromatic N) is 2. The minimum absolute atomic E-state index is 0.417. The van der Waals surface area contributed by atoms with Gasteiger partial charge in [0, 0.05) is 5.56 Å². The van der Waals surface area contributed by atoms with Crippen molar-refractivity contribution in [2.75, 3.05) is 0 Å². The Hall–Kier alpha value is -1.41. The Morgan fingerprint density at radius 3 is 2.29 bits per heavy atom. The summed E-state index contributed by atoms with van der Waals surface area (Å²) in [6, 6.07) is 8.14. The van der Waals surface area contributed by atoms with Crippen molar-refractivity contribution in [2.24, 2.45) is 0 Å². The first kappa shape index (κ1) is 9.16. The maximum Gasteiger partial charge on any atom is 0.147 e. The molecule has 0 spiro atoms. The second kappa shape index (κ2) is 3.76. The van der Waals surface area contributed by atoms with Gasteiger partial charge in [0.2, 0.25) is 0 Å². The van der Waals surface area contributed by atoms with E-state index in [1.165, 1.54) is 5.56 Å². The van der Waals surface area contributed by atoms with Gasteiger partial charge >= 0.3 is 0 Å². The fraction of sp³-hybridized carbons (Fsp3) is 0.0909. The Kier molecular flexibility index (Phi) is 2.46. The molecule has 3 heteroatoms. The molecule has 0 aliphatic carbocycles. The van der Waals surface area contributed by atoms with E-state index in [-0.39, 0.29) is 0 Å². The average molecular weight is 205 g/mol. The number of hydrogen-bond donors (Lipinski definition) is 0. The van der Waals surface area contributed by atoms with Crippen LogP contribution in [0.25, 0.3) is 11.3 Å². The zero-order valence-electron chi connectivity index (χ0n) is 7.74. The minimum Gasteiger partial charge on any atom is -0.251 e. The van der Waals surface area contributed by atoms with Crippen molar-refractivity contribution in [3.8, 4) is 11.3 Å². The van der Waals surface area contributed by atoms with E-state index < -0.39 is 0 Å². The van der Waals surface area contributed by atoms with Gasteiger partial charge in [-0.15, -0.1) is 0 Å². The van der Waals surface area contributed by atoms with E-state index in [0.717, 1.165) is 11.3 Å². The highest BCUT2D eigenvalue weighted by Crippen LogP contribution is 2.16. The summed E-state index contributed by atoms with van der Waals surface area (Å²) in [6.07, 6.45) is 3.23. The van der Waals surface area contributed by atoms with Crippen LogP contribution in [0.1, 0.15) is 5.56 Å². The Labute approximate surface area is 87.6 Å². The van der Waals surface area contributed by atoms with E-state index in [9.17, 15) is 0 Å². The van der Waals surface area contributed by atoms with Gasteiger partial charge in [-0.25, -0.2) is 4.98 Å². The van der Waals surface area contributed by atoms with E-state index in [1.54, 1.807) is 12.4 Å². The van der Waals surface area contributed by atoms with E-state index in [4.69, 9.17) is 11.6 Å². The maximum atomic E-state index is 5.65. The van der Waals surface area contributed by atoms with Crippen LogP contribution in [0.2, 0.25) is 5.15 Å². The first-order valence-electron chi connectivity index (χ1n) is 4.30. The van der Waals surface area contributed by atoms with Gasteiger partial charge in [0.15, 0.2) is 0 Å². The lowest BCUT2D eigenvalue weighted by Gasteiger charge is -2.00. The molecule has 1 aromatic heterocycles. The average Bonchev–Trinajstić information content (AvgIpc) is 2.21. The largest absolute Gasteiger partial charge is 0.251 e. The fourth-order valence-corrected chi connectivity index (χ4v) is 1.28. The molecule has 1 aromatic carbocycles. The molecular formula is C11H9ClN2. The van der Waals surface area contributed by atoms with Crippen molar-refractivity contribution in [1.29, 1.82) is 0 Å². The number of halogens is 1. The standard InChI is InChI=1S/C11H9ClN2/c1-8-2-4-9(5-3-8)10-6-14-11(12)7-13-10/h2-7H,1H3. The Balaban J connectivity index is 2.40. The Morgan fingerprint density at radius 1 is 1.00 bits per heavy atom. The number of rotatable bonds is 1. The smallest absolute Gasteiger partial charge is 0.147 e. The van der Waals surface area contributed by atoms with E-state index >= 15 is 0 Å². The maximum absolute atomic E-state index is 5.65. The van der Waals surface area contributed by atoms with Crippen molar-refractivity contribution < 1.29 is 0 Å². The van der Waals surface area contributed by atoms with E-state index in [2.05, 4.69) is 16.9 Å². The van der Waals surface area contributed by atoms with Crippen LogP contribution in [0.4, 0.5) is 0 Å². The quantitative estimate of drug-likeness (QED) is 0.714. The van der Waals surface area contributed by atoms with Crippen molar-refractivity contribution in [3.63, 3.8) is 0 Å². The zero-order chi connectivity index (χ0) is 9.97. The molecule has 0 aliphatic heterocycles. The van der Waals surface area contributed by atoms with Crippen LogP contribution >= 0.6 is 11.6 Å². The third-order valence-electron chi connectivity index (χ3n) is 1.97. The van der Waals surface area contributed by atoms with Crippen LogP contribution in [-0.4, -0.2) is 9.97 Å². The van der Waals surface area contributed by atoms with Crippen LogP contribution in [0.15, 0.2) is 36.7 Å². The van der Waals surface area contributed by atoms with Crippen LogP contribution in [0, 0.1) is 6.92 Å². The van der Waals surface area contributed by atoms with Crippen molar-refractivity contribution >= 4 is 11.6 Å². The topological polar surface area (TPSA) is 25.8 Å². The molecule has 0 atom stereocenters. The molecule has 0 unspecified atom stereocenters. The lowest BCUT2D eigenvalue weighted by Crippen LogP contribution is -1.85. The van der Waals surface area contributed by atoms with E-state index in [0.29, 0.717) is 5.15 Å². The summed E-state index contributed by atoms with van der Waals surface area (Å²) in [4.78, 5) is 8.16. The number of hydrogen-bond acceptors (Lipinski definition) is 2. The lowest BCUT2D eigenvalue weighted by molar-refractivity contribution is 1.20. The minimum atomic E-state index is 0.417. The predicted molar refractivity (Wildman–Crippen MR) is 57.2 cm³/mol. The molecule has 0 aliphatic rings. The summed E-state index contributed by atoms with van der Waals surface area (Å²) in [7, 11) is 0. The van der Waals surface area contributed by atoms with Crippen LogP contribution in [-0.2, 0) is 0 Å². The first-order chi connectivity index (χ1) is 6.75. The normalized spacial score (nSPS) is 10.1. The van der Waals surface area contributed by atoms with Crippen LogP contribution < -0.4 is 0 Å². The van der Waals surface area contributed by atoms with Gasteiger partial charge in [0.25, 0.3) is 0 Å². The van der Waals surface area contributed by atoms with Gasteiger partial charge < -0.3 is 0 Å². The molecule has 0 N–H and O–H groups in total. The zero-order valence-corrected chi connectivity index (χ0v) is 8.49. The highest BCUT2D eigenvalue weighted by atomic mass is 35.5. The number of benzene rings is 1. The van der Waals surface area contributed by atoms with Gasteiger partial charge in [-0.1, -0.05) is 41.4 Å². The third kappa shape index (κ3) is 1.91. The molecule has 0 bridgehead atoms. The third-order valence-corrected chi connectivity index (χ3v) is 2.16. The second-order valence-corrected chi connectivity index (χ2v) is 3.48. The highest BCUT2D eigenvalue weighted by Gasteiger charge is 1.98. The van der Waals surface area contributed by atoms with Crippen molar-refractivity contribution in [3.05, 3.63) is 47.4 Å². The molecule has 2 rings (SSSR count). The first-order valence-corrected chi connectivity index (χ1v) is 4.68. The molecule has 0 radical (unpaired) electrons. The van der Waals surface area contributed by atoms with Gasteiger partial charge in [0.1, 0.15) is 5.15 Å². The summed E-state index contributed by atoms with van der Waals surface area (Å²) in [5.74, 6) is 0. The van der Waals surface area contributed by atoms with Crippen molar-refractivity contribution in [1.82, 2.24) is 9.97 Å². The summed E-state index contributed by atoms with van der Waals surface area (Å²) in [5, 5.41) is 0.417. The summed E-state index contributed by atoms with van der Waals surface area (Å²) in [6.45, 7) is 2.05. The molecule has 0 amide bonds. The highest BCUT2D eigenvalue weighted by molar-refractivity contribution is 6.29. The second-order valence-electron chi connectivity index (χ2n) is 3.09. The summed E-state index contributed by atoms with van der Waals surface area (Å²) in [5.41, 5.74) is 3.13. The van der Waals surface area contributed by atoms with Crippen LogP contribution in [0.3, 0.4) is 0 Å². The van der Waals surface area contributed by atoms with Gasteiger partial charge in [-0.05, 0) is 6.92 Å². The number of aromatic nitrogens is 2. The van der Waals surface area contributed by atoms with E-state index in [1.807, 2.05) is 24.3 Å². The molecule has 1 heterocycles. The monoisotopic (exact) mass is 204 g/mol. The molecule has 2 aromatic rings. The summed E-state index contributed by atoms with van der Waals surface area (Å²) < 4.78 is 0. The molecule has 14 heavy (non-hydrogen) atoms. The Bertz CT molecular complexity index is 377. The van der Waals surface area contributed by atoms with Crippen molar-refractivity contribution in [2.45, 2.75) is 6.92 Å². The fourth-order valence-electron chi connectivity index (χ4n) is 1.19. The number of aryl methyl sites for hydroxylation is 1. The van der Waals surface area contributed by atoms with Crippen LogP contribution in [0.5, 0.6) is 0 Å². The van der Waals surface area contributed by atoms with Gasteiger partial charge in [-0.2, -0.15) is 0 Å². The van der Waals surface area contributed by atoms with Gasteiger partial charge in [0.05, 0.1) is 18.1 Å². The molecule has 0 fully saturated rings. The summed E-state index contributed by atoms with van der Waals surface area (Å²) >= 11 is 5.65. The molecule has 0 saturated heterocycles. The molecule has 0 saturated carbocycles. The molecule has 70 valence electrons. The predicted octanol–water partition coefficient (Wildman–Crippen LogP) is 3.11. The molecule has 2 nitrogen and oxygen atoms in total. The van der Waals surface area contributed by atoms with Gasteiger partial charge in [-0.3, -0.25) is 4.98 Å².